The highest BCUT2D eigenvalue weighted by atomic mass is 35.5. The Morgan fingerprint density at radius 2 is 2.11 bits per heavy atom. The number of nitrogens with zero attached hydrogens (tertiary/aromatic N) is 1. The number of hydrogen-bond acceptors (Lipinski definition) is 2. The summed E-state index contributed by atoms with van der Waals surface area (Å²) < 4.78 is 5.98. The van der Waals surface area contributed by atoms with E-state index in [4.69, 9.17) is 4.74 Å². The number of halogens is 1. The summed E-state index contributed by atoms with van der Waals surface area (Å²) >= 11 is 0. The Hall–Kier alpha value is -1.06. The van der Waals surface area contributed by atoms with Crippen molar-refractivity contribution in [1.82, 2.24) is 0 Å². The molecule has 1 aromatic rings. The molecule has 0 radical (unpaired) electrons. The van der Waals surface area contributed by atoms with E-state index < -0.39 is 0 Å². The Bertz CT molecular complexity index is 457. The second-order valence-corrected chi connectivity index (χ2v) is 5.34. The van der Waals surface area contributed by atoms with Crippen molar-refractivity contribution < 1.29 is 22.0 Å². The molecule has 19 heavy (non-hydrogen) atoms. The Kier molecular flexibility index (Phi) is 5.83. The molecule has 106 valence electrons. The van der Waals surface area contributed by atoms with Gasteiger partial charge in [-0.2, -0.15) is 0 Å². The third kappa shape index (κ3) is 3.95. The molecule has 2 rings (SSSR count). The highest BCUT2D eigenvalue weighted by molar-refractivity contribution is 5.76. The zero-order valence-electron chi connectivity index (χ0n) is 12.2. The van der Waals surface area contributed by atoms with Gasteiger partial charge in [0.05, 0.1) is 13.6 Å². The Morgan fingerprint density at radius 3 is 2.68 bits per heavy atom. The molecule has 0 amide bonds. The quantitative estimate of drug-likeness (QED) is 0.710. The summed E-state index contributed by atoms with van der Waals surface area (Å²) in [5.41, 5.74) is 2.51. The zero-order valence-corrected chi connectivity index (χ0v) is 12.9. The number of quaternary nitrogens is 1. The van der Waals surface area contributed by atoms with Crippen LogP contribution in [0.1, 0.15) is 30.9 Å². The summed E-state index contributed by atoms with van der Waals surface area (Å²) in [6.07, 6.45) is 0. The lowest BCUT2D eigenvalue weighted by Crippen LogP contribution is -3.11. The second kappa shape index (κ2) is 6.92. The lowest BCUT2D eigenvalue weighted by molar-refractivity contribution is -0.775. The predicted molar refractivity (Wildman–Crippen MR) is 74.8 cm³/mol. The molecule has 4 heteroatoms. The van der Waals surface area contributed by atoms with Crippen molar-refractivity contribution in [2.75, 3.05) is 26.7 Å². The molecule has 0 fully saturated rings. The van der Waals surface area contributed by atoms with Crippen LogP contribution in [0.4, 0.5) is 0 Å². The van der Waals surface area contributed by atoms with Crippen molar-refractivity contribution in [3.05, 3.63) is 29.3 Å². The van der Waals surface area contributed by atoms with Gasteiger partial charge in [0.25, 0.3) is 0 Å². The Morgan fingerprint density at radius 1 is 1.37 bits per heavy atom. The molecular weight excluding hydrogens is 260 g/mol. The van der Waals surface area contributed by atoms with Crippen LogP contribution in [0.15, 0.2) is 23.2 Å². The molecule has 1 N–H and O–H groups in total. The first-order valence-corrected chi connectivity index (χ1v) is 6.67. The molecule has 3 nitrogen and oxygen atoms in total. The van der Waals surface area contributed by atoms with E-state index in [1.165, 1.54) is 16.0 Å². The fourth-order valence-corrected chi connectivity index (χ4v) is 2.20. The highest BCUT2D eigenvalue weighted by Gasteiger charge is 2.19. The number of rotatable bonds is 4. The largest absolute Gasteiger partial charge is 1.00 e. The third-order valence-electron chi connectivity index (χ3n) is 3.44. The first-order chi connectivity index (χ1) is 8.58. The first kappa shape index (κ1) is 16.0. The van der Waals surface area contributed by atoms with E-state index in [0.29, 0.717) is 12.5 Å². The summed E-state index contributed by atoms with van der Waals surface area (Å²) in [6, 6.07) is 6.44. The molecular formula is C15H23ClN2O. The fraction of sp³-hybridized carbons (Fsp3) is 0.533. The van der Waals surface area contributed by atoms with Crippen LogP contribution in [0.3, 0.4) is 0 Å². The monoisotopic (exact) mass is 282 g/mol. The number of ether oxygens (including phenoxy) is 1. The van der Waals surface area contributed by atoms with Crippen molar-refractivity contribution in [1.29, 1.82) is 0 Å². The standard InChI is InChI=1S/C15H22N2O.ClH/c1-11(2)13-6-5-12(3)9-14(13)18-10-15-16-7-8-17(15)4;/h5-6,9,11H,7-8,10H2,1-4H3;1H. The number of benzene rings is 1. The molecule has 1 unspecified atom stereocenters. The van der Waals surface area contributed by atoms with Gasteiger partial charge in [-0.15, -0.1) is 0 Å². The van der Waals surface area contributed by atoms with Crippen molar-refractivity contribution >= 4 is 5.84 Å². The van der Waals surface area contributed by atoms with Crippen LogP contribution in [0.2, 0.25) is 0 Å². The van der Waals surface area contributed by atoms with Gasteiger partial charge in [0, 0.05) is 0 Å². The van der Waals surface area contributed by atoms with Crippen LogP contribution in [0.25, 0.3) is 0 Å². The topological polar surface area (TPSA) is 26.0 Å². The van der Waals surface area contributed by atoms with Gasteiger partial charge in [0.2, 0.25) is 5.84 Å². The van der Waals surface area contributed by atoms with Gasteiger partial charge in [0.1, 0.15) is 12.3 Å². The third-order valence-corrected chi connectivity index (χ3v) is 3.44. The minimum atomic E-state index is 0. The summed E-state index contributed by atoms with van der Waals surface area (Å²) in [7, 11) is 2.15. The molecule has 0 bridgehead atoms. The minimum Gasteiger partial charge on any atom is -1.00 e. The van der Waals surface area contributed by atoms with Crippen molar-refractivity contribution in [3.63, 3.8) is 0 Å². The van der Waals surface area contributed by atoms with Gasteiger partial charge in [-0.1, -0.05) is 26.0 Å². The van der Waals surface area contributed by atoms with Gasteiger partial charge in [-0.05, 0) is 30.0 Å². The van der Waals surface area contributed by atoms with Gasteiger partial charge in [-0.3, -0.25) is 4.90 Å². The number of hydrogen-bond donors (Lipinski definition) is 1. The van der Waals surface area contributed by atoms with Crippen molar-refractivity contribution in [2.24, 2.45) is 4.99 Å². The van der Waals surface area contributed by atoms with Gasteiger partial charge < -0.3 is 17.1 Å². The minimum absolute atomic E-state index is 0. The molecule has 0 aromatic heterocycles. The number of aryl methyl sites for hydroxylation is 1. The van der Waals surface area contributed by atoms with Gasteiger partial charge in [0.15, 0.2) is 6.61 Å². The van der Waals surface area contributed by atoms with E-state index in [-0.39, 0.29) is 12.4 Å². The maximum atomic E-state index is 5.98. The smallest absolute Gasteiger partial charge is 0.235 e. The number of nitrogens with one attached hydrogen (secondary N) is 1. The maximum absolute atomic E-state index is 5.98. The predicted octanol–water partition coefficient (Wildman–Crippen LogP) is -1.57. The lowest BCUT2D eigenvalue weighted by Gasteiger charge is -2.15. The Labute approximate surface area is 122 Å². The van der Waals surface area contributed by atoms with Gasteiger partial charge in [-0.25, -0.2) is 4.99 Å². The lowest BCUT2D eigenvalue weighted by atomic mass is 10.0. The maximum Gasteiger partial charge on any atom is 0.235 e. The summed E-state index contributed by atoms with van der Waals surface area (Å²) in [5.74, 6) is 2.62. The number of likely N-dealkylation sites (N-methyl/N-ethyl adjacent to an activating group) is 1. The van der Waals surface area contributed by atoms with Crippen LogP contribution in [-0.4, -0.2) is 32.6 Å². The molecule has 0 spiro atoms. The van der Waals surface area contributed by atoms with E-state index >= 15 is 0 Å². The van der Waals surface area contributed by atoms with E-state index in [1.54, 1.807) is 0 Å². The molecule has 1 aliphatic rings. The van der Waals surface area contributed by atoms with Crippen LogP contribution in [-0.2, 0) is 0 Å². The first-order valence-electron chi connectivity index (χ1n) is 6.67. The highest BCUT2D eigenvalue weighted by Crippen LogP contribution is 2.27. The normalized spacial score (nSPS) is 18.2. The molecule has 1 heterocycles. The van der Waals surface area contributed by atoms with Crippen LogP contribution >= 0.6 is 0 Å². The molecule has 1 atom stereocenters. The SMILES string of the molecule is Cc1ccc(C(C)C)c(OCC2=NCC[NH+]2C)c1.[Cl-]. The molecule has 0 aliphatic carbocycles. The van der Waals surface area contributed by atoms with Crippen LogP contribution in [0.5, 0.6) is 5.75 Å². The number of amidine groups is 1. The van der Waals surface area contributed by atoms with E-state index in [2.05, 4.69) is 51.0 Å². The number of aliphatic imine (C=N–C) groups is 1. The molecule has 0 saturated carbocycles. The summed E-state index contributed by atoms with van der Waals surface area (Å²) in [4.78, 5) is 5.85. The molecule has 1 aliphatic heterocycles. The average Bonchev–Trinajstić information content (AvgIpc) is 2.72. The summed E-state index contributed by atoms with van der Waals surface area (Å²) in [6.45, 7) is 9.11. The van der Waals surface area contributed by atoms with Crippen LogP contribution < -0.4 is 22.0 Å². The fourth-order valence-electron chi connectivity index (χ4n) is 2.20. The molecule has 1 aromatic carbocycles. The van der Waals surface area contributed by atoms with Crippen molar-refractivity contribution in [2.45, 2.75) is 26.7 Å². The van der Waals surface area contributed by atoms with E-state index in [9.17, 15) is 0 Å². The van der Waals surface area contributed by atoms with Crippen LogP contribution in [0, 0.1) is 6.92 Å². The van der Waals surface area contributed by atoms with Gasteiger partial charge >= 0.3 is 0 Å². The van der Waals surface area contributed by atoms with E-state index in [0.717, 1.165) is 24.7 Å². The second-order valence-electron chi connectivity index (χ2n) is 5.34. The summed E-state index contributed by atoms with van der Waals surface area (Å²) in [5, 5.41) is 0. The molecule has 0 saturated heterocycles. The van der Waals surface area contributed by atoms with Crippen molar-refractivity contribution in [3.8, 4) is 5.75 Å². The Balaban J connectivity index is 0.00000180. The average molecular weight is 283 g/mol. The van der Waals surface area contributed by atoms with E-state index in [1.807, 2.05) is 0 Å². The zero-order chi connectivity index (χ0) is 13.1.